The van der Waals surface area contributed by atoms with Crippen molar-refractivity contribution >= 4 is 27.5 Å². The number of rotatable bonds is 0. The average Bonchev–Trinajstić information content (AvgIpc) is 1.91. The van der Waals surface area contributed by atoms with Crippen LogP contribution in [0.4, 0.5) is 0 Å². The minimum atomic E-state index is 0.123. The van der Waals surface area contributed by atoms with Gasteiger partial charge in [-0.05, 0) is 0 Å². The Balaban J connectivity index is 2.79. The van der Waals surface area contributed by atoms with E-state index in [9.17, 15) is 0 Å². The summed E-state index contributed by atoms with van der Waals surface area (Å²) in [5.41, 5.74) is 0. The fourth-order valence-corrected chi connectivity index (χ4v) is 2.94. The van der Waals surface area contributed by atoms with Crippen molar-refractivity contribution < 1.29 is 21.2 Å². The molecule has 0 unspecified atom stereocenters. The zero-order chi connectivity index (χ0) is 5.28. The molecule has 0 nitrogen and oxygen atoms in total. The van der Waals surface area contributed by atoms with Crippen LogP contribution in [0.5, 0.6) is 0 Å². The second kappa shape index (κ2) is 2.51. The van der Waals surface area contributed by atoms with Crippen molar-refractivity contribution in [3.05, 3.63) is 17.7 Å². The summed E-state index contributed by atoms with van der Waals surface area (Å²) in [6, 6.07) is 0. The first-order valence-corrected chi connectivity index (χ1v) is 5.15. The SMILES string of the molecule is ClC1=C(Br)[I-]C=C1. The van der Waals surface area contributed by atoms with Gasteiger partial charge in [0.05, 0.1) is 0 Å². The minimum absolute atomic E-state index is 0.123. The molecule has 40 valence electrons. The molecule has 0 N–H and O–H groups in total. The molecule has 0 aliphatic carbocycles. The molecule has 0 radical (unpaired) electrons. The number of allylic oxidation sites excluding steroid dienone is 2. The maximum absolute atomic E-state index is 5.64. The van der Waals surface area contributed by atoms with Crippen LogP contribution in [0.1, 0.15) is 0 Å². The van der Waals surface area contributed by atoms with Gasteiger partial charge in [-0.3, -0.25) is 0 Å². The van der Waals surface area contributed by atoms with Crippen LogP contribution in [0.2, 0.25) is 0 Å². The van der Waals surface area contributed by atoms with Gasteiger partial charge in [0.1, 0.15) is 0 Å². The molecule has 3 heteroatoms. The monoisotopic (exact) mass is 291 g/mol. The Hall–Kier alpha value is 0.980. The first-order valence-electron chi connectivity index (χ1n) is 1.66. The van der Waals surface area contributed by atoms with E-state index in [0.29, 0.717) is 0 Å². The van der Waals surface area contributed by atoms with Crippen molar-refractivity contribution in [2.24, 2.45) is 0 Å². The molecular formula is C4H2BrClI-. The average molecular weight is 292 g/mol. The van der Waals surface area contributed by atoms with Crippen LogP contribution in [0.15, 0.2) is 17.7 Å². The maximum atomic E-state index is 5.64. The van der Waals surface area contributed by atoms with E-state index in [2.05, 4.69) is 20.0 Å². The molecule has 0 saturated heterocycles. The molecule has 0 fully saturated rings. The topological polar surface area (TPSA) is 0 Å². The predicted molar refractivity (Wildman–Crippen MR) is 30.9 cm³/mol. The third kappa shape index (κ3) is 1.44. The fraction of sp³-hybridized carbons (Fsp3) is 0. The Bertz CT molecular complexity index is 139. The van der Waals surface area contributed by atoms with Gasteiger partial charge in [-0.15, -0.1) is 0 Å². The zero-order valence-corrected chi connectivity index (χ0v) is 7.79. The van der Waals surface area contributed by atoms with Gasteiger partial charge >= 0.3 is 66.4 Å². The van der Waals surface area contributed by atoms with Crippen molar-refractivity contribution in [2.45, 2.75) is 0 Å². The van der Waals surface area contributed by atoms with E-state index in [1.165, 1.54) is 2.49 Å². The molecule has 1 aliphatic heterocycles. The molecule has 0 saturated carbocycles. The van der Waals surface area contributed by atoms with Gasteiger partial charge in [-0.25, -0.2) is 0 Å². The Labute approximate surface area is 66.0 Å². The summed E-state index contributed by atoms with van der Waals surface area (Å²) in [5.74, 6) is 0. The summed E-state index contributed by atoms with van der Waals surface area (Å²) in [7, 11) is 0. The summed E-state index contributed by atoms with van der Waals surface area (Å²) in [6.45, 7) is 0. The van der Waals surface area contributed by atoms with E-state index in [-0.39, 0.29) is 21.2 Å². The molecule has 0 aromatic rings. The van der Waals surface area contributed by atoms with Crippen molar-refractivity contribution in [3.63, 3.8) is 0 Å². The molecule has 0 aromatic heterocycles. The van der Waals surface area contributed by atoms with Gasteiger partial charge in [0.2, 0.25) is 0 Å². The van der Waals surface area contributed by atoms with Gasteiger partial charge in [0, 0.05) is 0 Å². The molecule has 7 heavy (non-hydrogen) atoms. The van der Waals surface area contributed by atoms with Crippen molar-refractivity contribution in [2.75, 3.05) is 0 Å². The zero-order valence-electron chi connectivity index (χ0n) is 3.29. The molecule has 1 rings (SSSR count). The van der Waals surface area contributed by atoms with Gasteiger partial charge in [0.25, 0.3) is 0 Å². The van der Waals surface area contributed by atoms with Crippen LogP contribution in [0, 0.1) is 0 Å². The Morgan fingerprint density at radius 2 is 2.43 bits per heavy atom. The molecule has 0 aromatic carbocycles. The van der Waals surface area contributed by atoms with Gasteiger partial charge < -0.3 is 0 Å². The van der Waals surface area contributed by atoms with Gasteiger partial charge in [-0.2, -0.15) is 0 Å². The van der Waals surface area contributed by atoms with E-state index in [1.54, 1.807) is 0 Å². The quantitative estimate of drug-likeness (QED) is 0.523. The van der Waals surface area contributed by atoms with Crippen LogP contribution in [0.3, 0.4) is 0 Å². The number of halogens is 3. The normalized spacial score (nSPS) is 20.3. The summed E-state index contributed by atoms with van der Waals surface area (Å²) >= 11 is 9.10. The Morgan fingerprint density at radius 3 is 2.57 bits per heavy atom. The molecule has 0 bridgehead atoms. The summed E-state index contributed by atoms with van der Waals surface area (Å²) < 4.78 is 3.33. The Kier molecular flexibility index (Phi) is 2.19. The van der Waals surface area contributed by atoms with E-state index >= 15 is 0 Å². The third-order valence-electron chi connectivity index (χ3n) is 0.549. The van der Waals surface area contributed by atoms with Crippen LogP contribution < -0.4 is 21.2 Å². The van der Waals surface area contributed by atoms with Gasteiger partial charge in [-0.1, -0.05) is 0 Å². The molecule has 1 heterocycles. The Morgan fingerprint density at radius 1 is 1.71 bits per heavy atom. The standard InChI is InChI=1S/C4H2BrClI/c5-4-3(6)1-2-7-4/h1-2H/q-1. The van der Waals surface area contributed by atoms with Gasteiger partial charge in [0.15, 0.2) is 0 Å². The van der Waals surface area contributed by atoms with Crippen molar-refractivity contribution in [3.8, 4) is 0 Å². The summed E-state index contributed by atoms with van der Waals surface area (Å²) in [4.78, 5) is 0. The molecule has 0 spiro atoms. The van der Waals surface area contributed by atoms with E-state index in [1.807, 2.05) is 6.08 Å². The predicted octanol–water partition coefficient (Wildman–Crippen LogP) is -0.595. The summed E-state index contributed by atoms with van der Waals surface area (Å²) in [6.07, 6.45) is 1.94. The van der Waals surface area contributed by atoms with E-state index < -0.39 is 0 Å². The molecule has 0 atom stereocenters. The number of hydrogen-bond acceptors (Lipinski definition) is 0. The number of hydrogen-bond donors (Lipinski definition) is 0. The fourth-order valence-electron chi connectivity index (χ4n) is 0.257. The van der Waals surface area contributed by atoms with Crippen LogP contribution in [-0.4, -0.2) is 0 Å². The second-order valence-corrected chi connectivity index (χ2v) is 6.11. The van der Waals surface area contributed by atoms with E-state index in [0.717, 1.165) is 5.03 Å². The first kappa shape index (κ1) is 6.11. The van der Waals surface area contributed by atoms with Crippen molar-refractivity contribution in [1.82, 2.24) is 0 Å². The molecular weight excluding hydrogens is 290 g/mol. The van der Waals surface area contributed by atoms with Crippen LogP contribution >= 0.6 is 27.5 Å². The summed E-state index contributed by atoms with van der Waals surface area (Å²) in [5, 5.41) is 0.882. The first-order chi connectivity index (χ1) is 3.30. The van der Waals surface area contributed by atoms with Crippen molar-refractivity contribution in [1.29, 1.82) is 0 Å². The van der Waals surface area contributed by atoms with Crippen LogP contribution in [-0.2, 0) is 0 Å². The van der Waals surface area contributed by atoms with Crippen LogP contribution in [0.25, 0.3) is 0 Å². The molecule has 1 aliphatic rings. The second-order valence-electron chi connectivity index (χ2n) is 1.01. The van der Waals surface area contributed by atoms with E-state index in [4.69, 9.17) is 11.6 Å². The third-order valence-corrected chi connectivity index (χ3v) is 4.85. The molecule has 0 amide bonds.